The molecule has 0 unspecified atom stereocenters. The fraction of sp³-hybridized carbons (Fsp3) is 0.200. The van der Waals surface area contributed by atoms with Gasteiger partial charge in [0.25, 0.3) is 0 Å². The highest BCUT2D eigenvalue weighted by Gasteiger charge is 2.25. The van der Waals surface area contributed by atoms with Crippen molar-refractivity contribution in [3.8, 4) is 0 Å². The summed E-state index contributed by atoms with van der Waals surface area (Å²) in [6, 6.07) is 17.1. The fourth-order valence-corrected chi connectivity index (χ4v) is 2.86. The fourth-order valence-electron chi connectivity index (χ4n) is 2.86. The van der Waals surface area contributed by atoms with Gasteiger partial charge >= 0.3 is 13.1 Å². The lowest BCUT2D eigenvalue weighted by molar-refractivity contribution is -0.129. The molecule has 0 amide bonds. The maximum atomic E-state index is 12.1. The second-order valence-corrected chi connectivity index (χ2v) is 6.19. The Hall–Kier alpha value is -2.74. The molecule has 2 aromatic carbocycles. The van der Waals surface area contributed by atoms with Gasteiger partial charge in [0.05, 0.1) is 0 Å². The van der Waals surface area contributed by atoms with Crippen LogP contribution in [0, 0.1) is 0 Å². The van der Waals surface area contributed by atoms with Crippen LogP contribution in [0.15, 0.2) is 65.3 Å². The first kappa shape index (κ1) is 17.7. The smallest absolute Gasteiger partial charge is 0.406 e. The second kappa shape index (κ2) is 8.31. The Labute approximate surface area is 158 Å². The summed E-state index contributed by atoms with van der Waals surface area (Å²) in [6.45, 7) is 2.82. The Bertz CT molecular complexity index is 857. The predicted octanol–water partition coefficient (Wildman–Crippen LogP) is 1.36. The molecule has 136 valence electrons. The third kappa shape index (κ3) is 4.33. The molecule has 1 saturated heterocycles. The summed E-state index contributed by atoms with van der Waals surface area (Å²) < 4.78 is 16.7. The van der Waals surface area contributed by atoms with Gasteiger partial charge in [-0.25, -0.2) is 9.79 Å². The van der Waals surface area contributed by atoms with E-state index in [1.165, 1.54) is 0 Å². The summed E-state index contributed by atoms with van der Waals surface area (Å²) in [4.78, 5) is 16.4. The lowest BCUT2D eigenvalue weighted by Gasteiger charge is -2.18. The van der Waals surface area contributed by atoms with Crippen molar-refractivity contribution in [3.63, 3.8) is 0 Å². The number of hydrogen-bond acceptors (Lipinski definition) is 6. The summed E-state index contributed by atoms with van der Waals surface area (Å²) >= 11 is 0. The van der Waals surface area contributed by atoms with Gasteiger partial charge in [-0.1, -0.05) is 42.5 Å². The van der Waals surface area contributed by atoms with Crippen LogP contribution in [0.4, 0.5) is 0 Å². The van der Waals surface area contributed by atoms with Crippen molar-refractivity contribution in [1.82, 2.24) is 5.32 Å². The Morgan fingerprint density at radius 3 is 2.37 bits per heavy atom. The zero-order valence-corrected chi connectivity index (χ0v) is 14.8. The zero-order chi connectivity index (χ0) is 18.5. The molecule has 2 aromatic rings. The van der Waals surface area contributed by atoms with E-state index in [0.717, 1.165) is 29.7 Å². The van der Waals surface area contributed by atoms with Gasteiger partial charge < -0.3 is 19.4 Å². The number of cyclic esters (lactones) is 1. The third-order valence-electron chi connectivity index (χ3n) is 4.25. The largest absolute Gasteiger partial charge is 0.493 e. The van der Waals surface area contributed by atoms with Crippen LogP contribution in [0.25, 0.3) is 6.08 Å². The number of rotatable bonds is 3. The van der Waals surface area contributed by atoms with Crippen LogP contribution < -0.4 is 10.8 Å². The molecular weight excluding hydrogens is 343 g/mol. The number of benzene rings is 2. The van der Waals surface area contributed by atoms with Gasteiger partial charge in [-0.2, -0.15) is 0 Å². The van der Waals surface area contributed by atoms with Gasteiger partial charge in [-0.05, 0) is 29.2 Å². The molecule has 1 N–H and O–H groups in total. The molecule has 2 heterocycles. The Balaban J connectivity index is 1.50. The van der Waals surface area contributed by atoms with Crippen molar-refractivity contribution >= 4 is 30.5 Å². The molecular formula is C20H19BN2O4. The molecule has 6 nitrogen and oxygen atoms in total. The number of carbonyl (C=O) groups is 1. The van der Waals surface area contributed by atoms with Crippen molar-refractivity contribution in [2.75, 3.05) is 26.3 Å². The first-order valence-corrected chi connectivity index (χ1v) is 8.91. The topological polar surface area (TPSA) is 69.2 Å². The van der Waals surface area contributed by atoms with Crippen LogP contribution in [0.5, 0.6) is 0 Å². The highest BCUT2D eigenvalue weighted by Crippen LogP contribution is 2.18. The average molecular weight is 362 g/mol. The van der Waals surface area contributed by atoms with E-state index in [-0.39, 0.29) is 12.8 Å². The van der Waals surface area contributed by atoms with E-state index in [1.54, 1.807) is 6.08 Å². The van der Waals surface area contributed by atoms with Crippen LogP contribution in [0.2, 0.25) is 0 Å². The van der Waals surface area contributed by atoms with Crippen molar-refractivity contribution in [1.29, 1.82) is 0 Å². The maximum Gasteiger partial charge on any atom is 0.493 e. The van der Waals surface area contributed by atoms with Crippen molar-refractivity contribution in [3.05, 3.63) is 71.4 Å². The van der Waals surface area contributed by atoms with Crippen LogP contribution >= 0.6 is 0 Å². The lowest BCUT2D eigenvalue weighted by Crippen LogP contribution is -2.43. The number of nitrogens with zero attached hydrogens (tertiary/aromatic N) is 1. The molecule has 0 aliphatic carbocycles. The molecule has 0 atom stereocenters. The molecule has 1 fully saturated rings. The maximum absolute atomic E-state index is 12.1. The van der Waals surface area contributed by atoms with Crippen LogP contribution in [0.3, 0.4) is 0 Å². The number of esters is 1. The van der Waals surface area contributed by atoms with Crippen molar-refractivity contribution in [2.45, 2.75) is 0 Å². The van der Waals surface area contributed by atoms with Crippen LogP contribution in [-0.2, 0) is 18.8 Å². The van der Waals surface area contributed by atoms with Gasteiger partial charge in [0.15, 0.2) is 5.70 Å². The lowest BCUT2D eigenvalue weighted by atomic mass is 9.78. The molecule has 4 rings (SSSR count). The molecule has 0 saturated carbocycles. The normalized spacial score (nSPS) is 19.4. The SMILES string of the molecule is O=C1OC(c2ccccc2)=N/C1=C\c1ccc(B2OCCNCCO2)cc1. The van der Waals surface area contributed by atoms with Crippen LogP contribution in [0.1, 0.15) is 11.1 Å². The van der Waals surface area contributed by atoms with E-state index < -0.39 is 5.97 Å². The molecule has 0 radical (unpaired) electrons. The quantitative estimate of drug-likeness (QED) is 0.507. The summed E-state index contributed by atoms with van der Waals surface area (Å²) in [5, 5.41) is 3.21. The molecule has 0 spiro atoms. The summed E-state index contributed by atoms with van der Waals surface area (Å²) in [5.74, 6) is -0.120. The number of aliphatic imine (C=N–C) groups is 1. The monoisotopic (exact) mass is 362 g/mol. The van der Waals surface area contributed by atoms with Gasteiger partial charge in [0.2, 0.25) is 5.90 Å². The molecule has 2 aliphatic rings. The molecule has 7 heteroatoms. The van der Waals surface area contributed by atoms with Gasteiger partial charge in [-0.15, -0.1) is 0 Å². The van der Waals surface area contributed by atoms with Crippen molar-refractivity contribution < 1.29 is 18.8 Å². The number of carbonyl (C=O) groups excluding carboxylic acids is 1. The minimum Gasteiger partial charge on any atom is -0.406 e. The summed E-state index contributed by atoms with van der Waals surface area (Å²) in [6.07, 6.45) is 1.71. The number of nitrogens with one attached hydrogen (secondary N) is 1. The molecule has 27 heavy (non-hydrogen) atoms. The Morgan fingerprint density at radius 2 is 1.67 bits per heavy atom. The molecule has 0 bridgehead atoms. The van der Waals surface area contributed by atoms with E-state index in [2.05, 4.69) is 10.3 Å². The predicted molar refractivity (Wildman–Crippen MR) is 104 cm³/mol. The average Bonchev–Trinajstić information content (AvgIpc) is 3.04. The van der Waals surface area contributed by atoms with Crippen LogP contribution in [-0.4, -0.2) is 45.3 Å². The van der Waals surface area contributed by atoms with E-state index in [9.17, 15) is 4.79 Å². The highest BCUT2D eigenvalue weighted by atomic mass is 16.6. The zero-order valence-electron chi connectivity index (χ0n) is 14.8. The van der Waals surface area contributed by atoms with Gasteiger partial charge in [-0.3, -0.25) is 0 Å². The molecule has 0 aromatic heterocycles. The van der Waals surface area contributed by atoms with Gasteiger partial charge in [0.1, 0.15) is 0 Å². The Kier molecular flexibility index (Phi) is 5.43. The van der Waals surface area contributed by atoms with E-state index in [1.807, 2.05) is 54.6 Å². The number of ether oxygens (including phenoxy) is 1. The Morgan fingerprint density at radius 1 is 0.963 bits per heavy atom. The first-order valence-electron chi connectivity index (χ1n) is 8.91. The van der Waals surface area contributed by atoms with E-state index in [0.29, 0.717) is 19.1 Å². The van der Waals surface area contributed by atoms with E-state index >= 15 is 0 Å². The van der Waals surface area contributed by atoms with Gasteiger partial charge in [0, 0.05) is 31.9 Å². The highest BCUT2D eigenvalue weighted by molar-refractivity contribution is 6.61. The van der Waals surface area contributed by atoms with Crippen molar-refractivity contribution in [2.24, 2.45) is 4.99 Å². The molecule has 2 aliphatic heterocycles. The standard InChI is InChI=1S/C20H19BN2O4/c24-20-18(23-19(27-20)16-4-2-1-3-5-16)14-15-6-8-17(9-7-15)21-25-12-10-22-11-13-26-21/h1-9,14,22H,10-13H2/b18-14-. The third-order valence-corrected chi connectivity index (χ3v) is 4.25. The van der Waals surface area contributed by atoms with E-state index in [4.69, 9.17) is 14.0 Å². The second-order valence-electron chi connectivity index (χ2n) is 6.19. The number of hydrogen-bond donors (Lipinski definition) is 1. The summed E-state index contributed by atoms with van der Waals surface area (Å²) in [7, 11) is -0.368. The summed E-state index contributed by atoms with van der Waals surface area (Å²) in [5.41, 5.74) is 2.86. The first-order chi connectivity index (χ1) is 13.3. The minimum atomic E-state index is -0.447. The minimum absolute atomic E-state index is 0.283.